The molecule has 27 heavy (non-hydrogen) atoms. The zero-order valence-corrected chi connectivity index (χ0v) is 15.8. The summed E-state index contributed by atoms with van der Waals surface area (Å²) in [5.41, 5.74) is 1.21. The van der Waals surface area contributed by atoms with Gasteiger partial charge < -0.3 is 4.74 Å². The van der Waals surface area contributed by atoms with Crippen molar-refractivity contribution in [2.24, 2.45) is 0 Å². The van der Waals surface area contributed by atoms with Gasteiger partial charge in [0.15, 0.2) is 0 Å². The summed E-state index contributed by atoms with van der Waals surface area (Å²) in [5.74, 6) is 0.317. The van der Waals surface area contributed by atoms with E-state index in [1.54, 1.807) is 19.1 Å². The third-order valence-electron chi connectivity index (χ3n) is 3.60. The average molecular weight is 408 g/mol. The van der Waals surface area contributed by atoms with Crippen LogP contribution in [-0.4, -0.2) is 18.4 Å². The highest BCUT2D eigenvalue weighted by Gasteiger charge is 2.15. The molecular formula is C18H15ClFN3O3S. The second kappa shape index (κ2) is 7.99. The van der Waals surface area contributed by atoms with Crippen molar-refractivity contribution >= 4 is 21.6 Å². The summed E-state index contributed by atoms with van der Waals surface area (Å²) in [6.07, 6.45) is 2.70. The quantitative estimate of drug-likeness (QED) is 0.628. The van der Waals surface area contributed by atoms with Crippen molar-refractivity contribution in [2.75, 3.05) is 0 Å². The van der Waals surface area contributed by atoms with E-state index in [4.69, 9.17) is 16.3 Å². The summed E-state index contributed by atoms with van der Waals surface area (Å²) in [4.78, 5) is 7.95. The molecule has 0 saturated heterocycles. The van der Waals surface area contributed by atoms with E-state index in [0.717, 1.165) is 0 Å². The van der Waals surface area contributed by atoms with Crippen LogP contribution in [-0.2, 0) is 16.6 Å². The number of hydrogen-bond donors (Lipinski definition) is 1. The van der Waals surface area contributed by atoms with Crippen LogP contribution in [0.4, 0.5) is 4.39 Å². The summed E-state index contributed by atoms with van der Waals surface area (Å²) in [7, 11) is -3.75. The predicted molar refractivity (Wildman–Crippen MR) is 98.7 cm³/mol. The highest BCUT2D eigenvalue weighted by atomic mass is 35.5. The normalized spacial score (nSPS) is 11.4. The van der Waals surface area contributed by atoms with Crippen LogP contribution in [0.15, 0.2) is 59.8 Å². The van der Waals surface area contributed by atoms with Crippen LogP contribution in [0.2, 0.25) is 5.15 Å². The number of rotatable bonds is 6. The minimum Gasteiger partial charge on any atom is -0.439 e. The summed E-state index contributed by atoms with van der Waals surface area (Å²) in [6, 6.07) is 10.2. The molecule has 0 spiro atoms. The number of aryl methyl sites for hydroxylation is 1. The standard InChI is InChI=1S/C18H15ClFN3O3S/c1-12-8-16(11-22-18(12)19)27(24,25)23-10-13-6-7-21-17(9-13)26-15-4-2-14(20)3-5-15/h2-9,11,23H,10H2,1H3. The van der Waals surface area contributed by atoms with Crippen molar-refractivity contribution in [3.63, 3.8) is 0 Å². The van der Waals surface area contributed by atoms with Crippen LogP contribution in [0.5, 0.6) is 11.6 Å². The minimum atomic E-state index is -3.75. The van der Waals surface area contributed by atoms with Crippen molar-refractivity contribution in [1.82, 2.24) is 14.7 Å². The Morgan fingerprint density at radius 2 is 1.89 bits per heavy atom. The lowest BCUT2D eigenvalue weighted by Gasteiger charge is -2.09. The molecule has 0 aliphatic carbocycles. The number of nitrogens with one attached hydrogen (secondary N) is 1. The van der Waals surface area contributed by atoms with E-state index in [2.05, 4.69) is 14.7 Å². The molecule has 0 aliphatic rings. The lowest BCUT2D eigenvalue weighted by Crippen LogP contribution is -2.23. The van der Waals surface area contributed by atoms with Gasteiger partial charge in [0, 0.05) is 25.0 Å². The zero-order chi connectivity index (χ0) is 19.4. The first-order valence-corrected chi connectivity index (χ1v) is 9.70. The molecule has 1 N–H and O–H groups in total. The molecule has 3 rings (SSSR count). The Hall–Kier alpha value is -2.55. The fourth-order valence-corrected chi connectivity index (χ4v) is 3.33. The van der Waals surface area contributed by atoms with E-state index in [-0.39, 0.29) is 28.3 Å². The van der Waals surface area contributed by atoms with Crippen molar-refractivity contribution in [3.8, 4) is 11.6 Å². The molecule has 0 saturated carbocycles. The van der Waals surface area contributed by atoms with Gasteiger partial charge in [-0.25, -0.2) is 27.5 Å². The lowest BCUT2D eigenvalue weighted by molar-refractivity contribution is 0.460. The molecule has 0 radical (unpaired) electrons. The van der Waals surface area contributed by atoms with Gasteiger partial charge in [0.1, 0.15) is 21.6 Å². The topological polar surface area (TPSA) is 81.2 Å². The Labute approximate surface area is 161 Å². The number of hydrogen-bond acceptors (Lipinski definition) is 5. The fraction of sp³-hybridized carbons (Fsp3) is 0.111. The van der Waals surface area contributed by atoms with Gasteiger partial charge in [-0.05, 0) is 54.4 Å². The van der Waals surface area contributed by atoms with Gasteiger partial charge in [-0.15, -0.1) is 0 Å². The molecule has 0 unspecified atom stereocenters. The molecule has 3 aromatic rings. The van der Waals surface area contributed by atoms with Crippen LogP contribution in [0, 0.1) is 12.7 Å². The second-order valence-electron chi connectivity index (χ2n) is 5.66. The zero-order valence-electron chi connectivity index (χ0n) is 14.2. The molecule has 6 nitrogen and oxygen atoms in total. The van der Waals surface area contributed by atoms with Crippen molar-refractivity contribution in [3.05, 3.63) is 77.0 Å². The molecule has 140 valence electrons. The van der Waals surface area contributed by atoms with Crippen LogP contribution < -0.4 is 9.46 Å². The van der Waals surface area contributed by atoms with Crippen LogP contribution in [0.1, 0.15) is 11.1 Å². The Bertz CT molecular complexity index is 1060. The number of aromatic nitrogens is 2. The molecule has 1 aromatic carbocycles. The van der Waals surface area contributed by atoms with Crippen LogP contribution in [0.25, 0.3) is 0 Å². The molecule has 2 heterocycles. The number of halogens is 2. The fourth-order valence-electron chi connectivity index (χ4n) is 2.18. The summed E-state index contributed by atoms with van der Waals surface area (Å²) >= 11 is 5.83. The van der Waals surface area contributed by atoms with E-state index in [1.807, 2.05) is 0 Å². The number of pyridine rings is 2. The first-order chi connectivity index (χ1) is 12.8. The maximum atomic E-state index is 12.9. The minimum absolute atomic E-state index is 0.0289. The Kier molecular flexibility index (Phi) is 5.69. The number of ether oxygens (including phenoxy) is 1. The maximum Gasteiger partial charge on any atom is 0.242 e. The number of sulfonamides is 1. The second-order valence-corrected chi connectivity index (χ2v) is 7.79. The van der Waals surface area contributed by atoms with Crippen molar-refractivity contribution in [2.45, 2.75) is 18.4 Å². The van der Waals surface area contributed by atoms with Crippen molar-refractivity contribution < 1.29 is 17.5 Å². The summed E-state index contributed by atoms with van der Waals surface area (Å²) < 4.78 is 45.8. The van der Waals surface area contributed by atoms with Crippen molar-refractivity contribution in [1.29, 1.82) is 0 Å². The van der Waals surface area contributed by atoms with E-state index in [1.165, 1.54) is 42.7 Å². The molecule has 0 fully saturated rings. The average Bonchev–Trinajstić information content (AvgIpc) is 2.64. The molecule has 0 atom stereocenters. The van der Waals surface area contributed by atoms with Crippen LogP contribution >= 0.6 is 11.6 Å². The summed E-state index contributed by atoms with van der Waals surface area (Å²) in [6.45, 7) is 1.71. The first kappa shape index (κ1) is 19.2. The highest BCUT2D eigenvalue weighted by Crippen LogP contribution is 2.21. The SMILES string of the molecule is Cc1cc(S(=O)(=O)NCc2ccnc(Oc3ccc(F)cc3)c2)cnc1Cl. The van der Waals surface area contributed by atoms with E-state index < -0.39 is 10.0 Å². The largest absolute Gasteiger partial charge is 0.439 e. The van der Waals surface area contributed by atoms with Crippen LogP contribution in [0.3, 0.4) is 0 Å². The van der Waals surface area contributed by atoms with Gasteiger partial charge in [-0.2, -0.15) is 0 Å². The van der Waals surface area contributed by atoms with Gasteiger partial charge >= 0.3 is 0 Å². The lowest BCUT2D eigenvalue weighted by atomic mass is 10.3. The number of benzene rings is 1. The van der Waals surface area contributed by atoms with Gasteiger partial charge in [0.05, 0.1) is 0 Å². The third-order valence-corrected chi connectivity index (χ3v) is 5.37. The molecule has 0 bridgehead atoms. The summed E-state index contributed by atoms with van der Waals surface area (Å²) in [5, 5.41) is 0.255. The molecule has 9 heteroatoms. The molecular weight excluding hydrogens is 393 g/mol. The van der Waals surface area contributed by atoms with E-state index in [0.29, 0.717) is 16.9 Å². The Morgan fingerprint density at radius 1 is 1.15 bits per heavy atom. The predicted octanol–water partition coefficient (Wildman–Crippen LogP) is 3.85. The molecule has 0 amide bonds. The number of nitrogens with zero attached hydrogens (tertiary/aromatic N) is 2. The first-order valence-electron chi connectivity index (χ1n) is 7.84. The Balaban J connectivity index is 1.70. The van der Waals surface area contributed by atoms with Gasteiger partial charge in [-0.1, -0.05) is 11.6 Å². The van der Waals surface area contributed by atoms with Gasteiger partial charge in [0.2, 0.25) is 15.9 Å². The maximum absolute atomic E-state index is 12.9. The smallest absolute Gasteiger partial charge is 0.242 e. The molecule has 2 aromatic heterocycles. The third kappa shape index (κ3) is 5.00. The monoisotopic (exact) mass is 407 g/mol. The van der Waals surface area contributed by atoms with E-state index in [9.17, 15) is 12.8 Å². The Morgan fingerprint density at radius 3 is 2.59 bits per heavy atom. The van der Waals surface area contributed by atoms with Gasteiger partial charge in [-0.3, -0.25) is 0 Å². The van der Waals surface area contributed by atoms with E-state index >= 15 is 0 Å². The van der Waals surface area contributed by atoms with Gasteiger partial charge in [0.25, 0.3) is 0 Å². The highest BCUT2D eigenvalue weighted by molar-refractivity contribution is 7.89. The molecule has 0 aliphatic heterocycles.